The fourth-order valence-electron chi connectivity index (χ4n) is 2.68. The largest absolute Gasteiger partial charge is 0.491 e. The fourth-order valence-corrected chi connectivity index (χ4v) is 3.02. The number of ether oxygens (including phenoxy) is 9. The molecule has 0 bridgehead atoms. The molecule has 1 rings (SSSR count). The smallest absolute Gasteiger partial charge is 0.305 e. The maximum absolute atomic E-state index is 11.4. The van der Waals surface area contributed by atoms with Gasteiger partial charge in [-0.15, -0.1) is 0 Å². The molecule has 0 aliphatic carbocycles. The van der Waals surface area contributed by atoms with Gasteiger partial charge in [-0.05, 0) is 12.1 Å². The predicted octanol–water partition coefficient (Wildman–Crippen LogP) is 3.03. The van der Waals surface area contributed by atoms with E-state index in [1.54, 1.807) is 14.0 Å². The second-order valence-electron chi connectivity index (χ2n) is 7.45. The minimum atomic E-state index is -0.249. The zero-order valence-corrected chi connectivity index (χ0v) is 24.2. The Balaban J connectivity index is 1.92. The summed E-state index contributed by atoms with van der Waals surface area (Å²) < 4.78 is 51.6. The van der Waals surface area contributed by atoms with Crippen molar-refractivity contribution >= 4 is 34.5 Å². The molecule has 0 aliphatic rings. The van der Waals surface area contributed by atoms with Crippen LogP contribution in [0.2, 0.25) is 0 Å². The average Bonchev–Trinajstić information content (AvgIpc) is 2.92. The summed E-state index contributed by atoms with van der Waals surface area (Å²) in [5.74, 6) is 0.406. The van der Waals surface area contributed by atoms with Gasteiger partial charge >= 0.3 is 5.97 Å². The molecule has 1 N–H and O–H groups in total. The Kier molecular flexibility index (Phi) is 22.9. The molecule has 0 heterocycles. The van der Waals surface area contributed by atoms with E-state index in [1.807, 2.05) is 18.2 Å². The number of anilines is 1. The molecule has 11 nitrogen and oxygen atoms in total. The van der Waals surface area contributed by atoms with E-state index >= 15 is 0 Å². The molecule has 0 spiro atoms. The Hall–Kier alpha value is -1.26. The maximum Gasteiger partial charge on any atom is 0.305 e. The van der Waals surface area contributed by atoms with E-state index in [9.17, 15) is 4.79 Å². The van der Waals surface area contributed by atoms with Gasteiger partial charge in [-0.25, -0.2) is 0 Å². The lowest BCUT2D eigenvalue weighted by Crippen LogP contribution is -2.15. The normalized spacial score (nSPS) is 11.0. The lowest BCUT2D eigenvalue weighted by Gasteiger charge is -2.13. The Labute approximate surface area is 234 Å². The van der Waals surface area contributed by atoms with Crippen LogP contribution >= 0.6 is 22.9 Å². The van der Waals surface area contributed by atoms with Crippen molar-refractivity contribution in [3.8, 4) is 5.75 Å². The van der Waals surface area contributed by atoms with Crippen molar-refractivity contribution < 1.29 is 47.4 Å². The lowest BCUT2D eigenvalue weighted by atomic mass is 10.2. The van der Waals surface area contributed by atoms with E-state index in [0.29, 0.717) is 105 Å². The number of rotatable bonds is 26. The summed E-state index contributed by atoms with van der Waals surface area (Å²) in [6, 6.07) is 5.64. The SMILES string of the molecule is CCC(=O)OCc1ccc(NI)cc1OCCOCCOCCOCCOCCOCCOCCOC. The standard InChI is InChI=1S/C25H42INO10/c1-3-25(28)37-21-22-4-5-23(27-26)20-24(22)36-19-18-35-17-16-34-15-14-33-13-12-32-11-10-31-9-8-30-7-6-29-2/h4-5,20,27H,3,6-19,21H2,1-2H3. The summed E-state index contributed by atoms with van der Waals surface area (Å²) in [5.41, 5.74) is 1.70. The van der Waals surface area contributed by atoms with Gasteiger partial charge < -0.3 is 46.2 Å². The molecule has 0 aliphatic heterocycles. The van der Waals surface area contributed by atoms with Crippen LogP contribution in [0.5, 0.6) is 5.75 Å². The first-order valence-corrected chi connectivity index (χ1v) is 13.5. The summed E-state index contributed by atoms with van der Waals surface area (Å²) in [4.78, 5) is 11.4. The number of halogens is 1. The number of nitrogens with one attached hydrogen (secondary N) is 1. The van der Waals surface area contributed by atoms with Crippen molar-refractivity contribution in [2.24, 2.45) is 0 Å². The third-order valence-electron chi connectivity index (χ3n) is 4.63. The molecule has 12 heteroatoms. The number of hydrogen-bond donors (Lipinski definition) is 1. The second kappa shape index (κ2) is 25.0. The van der Waals surface area contributed by atoms with E-state index in [1.165, 1.54) is 0 Å². The molecule has 0 aromatic heterocycles. The average molecular weight is 644 g/mol. The third-order valence-corrected chi connectivity index (χ3v) is 5.25. The number of carbonyl (C=O) groups is 1. The monoisotopic (exact) mass is 643 g/mol. The molecule has 0 radical (unpaired) electrons. The van der Waals surface area contributed by atoms with Crippen molar-refractivity contribution in [1.82, 2.24) is 0 Å². The maximum atomic E-state index is 11.4. The summed E-state index contributed by atoms with van der Waals surface area (Å²) in [6.07, 6.45) is 0.337. The van der Waals surface area contributed by atoms with Gasteiger partial charge in [0, 0.05) is 30.8 Å². The van der Waals surface area contributed by atoms with Crippen LogP contribution in [-0.4, -0.2) is 106 Å². The summed E-state index contributed by atoms with van der Waals surface area (Å²) in [5, 5.41) is 0. The number of esters is 1. The number of methoxy groups -OCH3 is 1. The zero-order chi connectivity index (χ0) is 26.8. The van der Waals surface area contributed by atoms with Gasteiger partial charge in [-0.2, -0.15) is 0 Å². The van der Waals surface area contributed by atoms with Crippen LogP contribution in [0.1, 0.15) is 18.9 Å². The Morgan fingerprint density at radius 3 is 1.62 bits per heavy atom. The van der Waals surface area contributed by atoms with Crippen LogP contribution in [0, 0.1) is 0 Å². The van der Waals surface area contributed by atoms with Crippen molar-refractivity contribution in [2.75, 3.05) is 103 Å². The summed E-state index contributed by atoms with van der Waals surface area (Å²) in [7, 11) is 1.64. The molecule has 1 aromatic rings. The van der Waals surface area contributed by atoms with Gasteiger partial charge in [0.25, 0.3) is 0 Å². The van der Waals surface area contributed by atoms with Crippen LogP contribution in [-0.2, 0) is 49.3 Å². The predicted molar refractivity (Wildman–Crippen MR) is 146 cm³/mol. The Morgan fingerprint density at radius 1 is 0.730 bits per heavy atom. The minimum absolute atomic E-state index is 0.173. The zero-order valence-electron chi connectivity index (χ0n) is 22.0. The molecular weight excluding hydrogens is 601 g/mol. The molecule has 0 unspecified atom stereocenters. The molecule has 0 amide bonds. The lowest BCUT2D eigenvalue weighted by molar-refractivity contribution is -0.144. The quantitative estimate of drug-likeness (QED) is 0.0696. The van der Waals surface area contributed by atoms with Gasteiger partial charge in [0.15, 0.2) is 0 Å². The van der Waals surface area contributed by atoms with Crippen LogP contribution < -0.4 is 8.27 Å². The third kappa shape index (κ3) is 19.5. The molecule has 214 valence electrons. The van der Waals surface area contributed by atoms with Crippen LogP contribution in [0.25, 0.3) is 0 Å². The van der Waals surface area contributed by atoms with E-state index in [-0.39, 0.29) is 12.6 Å². The van der Waals surface area contributed by atoms with Gasteiger partial charge in [0.05, 0.1) is 109 Å². The van der Waals surface area contributed by atoms with E-state index in [4.69, 9.17) is 42.6 Å². The molecular formula is C25H42INO10. The van der Waals surface area contributed by atoms with E-state index in [2.05, 4.69) is 26.4 Å². The first kappa shape index (κ1) is 33.8. The highest BCUT2D eigenvalue weighted by Crippen LogP contribution is 2.25. The Bertz CT molecular complexity index is 683. The first-order valence-electron chi connectivity index (χ1n) is 12.4. The van der Waals surface area contributed by atoms with Crippen molar-refractivity contribution in [3.63, 3.8) is 0 Å². The molecule has 0 saturated heterocycles. The highest BCUT2D eigenvalue weighted by atomic mass is 127. The molecule has 37 heavy (non-hydrogen) atoms. The summed E-state index contributed by atoms with van der Waals surface area (Å²) in [6.45, 7) is 8.96. The topological polar surface area (TPSA) is 112 Å². The molecule has 0 fully saturated rings. The van der Waals surface area contributed by atoms with Gasteiger partial charge in [0.2, 0.25) is 0 Å². The first-order chi connectivity index (χ1) is 18.2. The second-order valence-corrected chi connectivity index (χ2v) is 7.99. The van der Waals surface area contributed by atoms with Gasteiger partial charge in [-0.3, -0.25) is 4.79 Å². The number of benzene rings is 1. The van der Waals surface area contributed by atoms with Crippen LogP contribution in [0.3, 0.4) is 0 Å². The summed E-state index contributed by atoms with van der Waals surface area (Å²) >= 11 is 2.05. The minimum Gasteiger partial charge on any atom is -0.491 e. The van der Waals surface area contributed by atoms with Crippen molar-refractivity contribution in [3.05, 3.63) is 23.8 Å². The van der Waals surface area contributed by atoms with E-state index in [0.717, 1.165) is 11.3 Å². The molecule has 0 atom stereocenters. The van der Waals surface area contributed by atoms with Gasteiger partial charge in [0.1, 0.15) is 19.0 Å². The van der Waals surface area contributed by atoms with Gasteiger partial charge in [-0.1, -0.05) is 6.92 Å². The highest BCUT2D eigenvalue weighted by Gasteiger charge is 2.08. The van der Waals surface area contributed by atoms with Crippen molar-refractivity contribution in [1.29, 1.82) is 0 Å². The molecule has 0 saturated carbocycles. The van der Waals surface area contributed by atoms with E-state index < -0.39 is 0 Å². The van der Waals surface area contributed by atoms with Crippen LogP contribution in [0.4, 0.5) is 5.69 Å². The number of hydrogen-bond acceptors (Lipinski definition) is 11. The molecule has 1 aromatic carbocycles. The van der Waals surface area contributed by atoms with Crippen molar-refractivity contribution in [2.45, 2.75) is 20.0 Å². The number of carbonyl (C=O) groups excluding carboxylic acids is 1. The van der Waals surface area contributed by atoms with Crippen LogP contribution in [0.15, 0.2) is 18.2 Å². The highest BCUT2D eigenvalue weighted by molar-refractivity contribution is 14.1. The Morgan fingerprint density at radius 2 is 1.19 bits per heavy atom. The fraction of sp³-hybridized carbons (Fsp3) is 0.720.